The van der Waals surface area contributed by atoms with E-state index in [2.05, 4.69) is 10.1 Å². The Morgan fingerprint density at radius 3 is 3.06 bits per heavy atom. The Morgan fingerprint density at radius 1 is 1.62 bits per heavy atom. The minimum absolute atomic E-state index is 0.242. The molecule has 2 heterocycles. The SMILES string of the molecule is CCOC(=O)c1c(C)cn2ncnc(Cl)c12. The smallest absolute Gasteiger partial charge is 0.340 e. The summed E-state index contributed by atoms with van der Waals surface area (Å²) in [6, 6.07) is 0. The molecule has 2 aromatic heterocycles. The van der Waals surface area contributed by atoms with Crippen LogP contribution in [0.25, 0.3) is 5.52 Å². The highest BCUT2D eigenvalue weighted by atomic mass is 35.5. The average molecular weight is 240 g/mol. The topological polar surface area (TPSA) is 56.5 Å². The first-order valence-electron chi connectivity index (χ1n) is 4.80. The monoisotopic (exact) mass is 239 g/mol. The van der Waals surface area contributed by atoms with E-state index < -0.39 is 5.97 Å². The first-order valence-corrected chi connectivity index (χ1v) is 5.18. The van der Waals surface area contributed by atoms with Gasteiger partial charge in [0, 0.05) is 6.20 Å². The standard InChI is InChI=1S/C10H10ClN3O2/c1-3-16-10(15)7-6(2)4-14-8(7)9(11)12-5-13-14/h4-5H,3H2,1-2H3. The number of esters is 1. The molecule has 84 valence electrons. The van der Waals surface area contributed by atoms with Crippen LogP contribution in [0.15, 0.2) is 12.5 Å². The van der Waals surface area contributed by atoms with Gasteiger partial charge < -0.3 is 4.74 Å². The molecular weight excluding hydrogens is 230 g/mol. The summed E-state index contributed by atoms with van der Waals surface area (Å²) in [6.45, 7) is 3.88. The van der Waals surface area contributed by atoms with Crippen molar-refractivity contribution in [3.63, 3.8) is 0 Å². The third-order valence-corrected chi connectivity index (χ3v) is 2.47. The van der Waals surface area contributed by atoms with Crippen molar-refractivity contribution < 1.29 is 9.53 Å². The Morgan fingerprint density at radius 2 is 2.38 bits per heavy atom. The summed E-state index contributed by atoms with van der Waals surface area (Å²) < 4.78 is 6.49. The van der Waals surface area contributed by atoms with Gasteiger partial charge in [0.2, 0.25) is 0 Å². The highest BCUT2D eigenvalue weighted by Crippen LogP contribution is 2.23. The Balaban J connectivity index is 2.68. The van der Waals surface area contributed by atoms with Crippen LogP contribution in [0, 0.1) is 6.92 Å². The molecule has 0 bridgehead atoms. The lowest BCUT2D eigenvalue weighted by Gasteiger charge is -2.02. The van der Waals surface area contributed by atoms with Crippen molar-refractivity contribution >= 4 is 23.1 Å². The van der Waals surface area contributed by atoms with E-state index in [1.165, 1.54) is 10.8 Å². The maximum absolute atomic E-state index is 11.7. The van der Waals surface area contributed by atoms with Gasteiger partial charge in [0.05, 0.1) is 12.2 Å². The van der Waals surface area contributed by atoms with Gasteiger partial charge in [0.1, 0.15) is 11.8 Å². The summed E-state index contributed by atoms with van der Waals surface area (Å²) >= 11 is 5.94. The summed E-state index contributed by atoms with van der Waals surface area (Å²) in [7, 11) is 0. The number of carbonyl (C=O) groups is 1. The Bertz CT molecular complexity index is 550. The van der Waals surface area contributed by atoms with Crippen LogP contribution in [0.5, 0.6) is 0 Å². The van der Waals surface area contributed by atoms with Crippen LogP contribution in [-0.2, 0) is 4.74 Å². The van der Waals surface area contributed by atoms with E-state index in [1.54, 1.807) is 20.0 Å². The second-order valence-corrected chi connectivity index (χ2v) is 3.61. The highest BCUT2D eigenvalue weighted by Gasteiger charge is 2.19. The van der Waals surface area contributed by atoms with Crippen molar-refractivity contribution in [3.8, 4) is 0 Å². The van der Waals surface area contributed by atoms with Crippen LogP contribution in [0.2, 0.25) is 5.15 Å². The Labute approximate surface area is 97.0 Å². The van der Waals surface area contributed by atoms with Crippen molar-refractivity contribution in [3.05, 3.63) is 28.8 Å². The lowest BCUT2D eigenvalue weighted by molar-refractivity contribution is 0.0528. The molecule has 6 heteroatoms. The first-order chi connectivity index (χ1) is 7.65. The summed E-state index contributed by atoms with van der Waals surface area (Å²) in [4.78, 5) is 15.6. The Hall–Kier alpha value is -1.62. The molecule has 0 amide bonds. The molecule has 16 heavy (non-hydrogen) atoms. The lowest BCUT2D eigenvalue weighted by Crippen LogP contribution is -2.06. The van der Waals surface area contributed by atoms with Gasteiger partial charge in [-0.3, -0.25) is 0 Å². The van der Waals surface area contributed by atoms with Crippen molar-refractivity contribution in [2.45, 2.75) is 13.8 Å². The van der Waals surface area contributed by atoms with Crippen molar-refractivity contribution in [1.82, 2.24) is 14.6 Å². The highest BCUT2D eigenvalue weighted by molar-refractivity contribution is 6.33. The zero-order valence-corrected chi connectivity index (χ0v) is 9.65. The summed E-state index contributed by atoms with van der Waals surface area (Å²) in [5.74, 6) is -0.404. The molecule has 2 aromatic rings. The summed E-state index contributed by atoms with van der Waals surface area (Å²) in [5, 5.41) is 4.22. The number of halogens is 1. The largest absolute Gasteiger partial charge is 0.462 e. The maximum Gasteiger partial charge on any atom is 0.340 e. The van der Waals surface area contributed by atoms with E-state index in [9.17, 15) is 4.79 Å². The zero-order chi connectivity index (χ0) is 11.7. The number of ether oxygens (including phenoxy) is 1. The molecule has 5 nitrogen and oxygen atoms in total. The first kappa shape index (κ1) is 10.9. The van der Waals surface area contributed by atoms with Gasteiger partial charge in [-0.2, -0.15) is 5.10 Å². The van der Waals surface area contributed by atoms with E-state index in [-0.39, 0.29) is 5.15 Å². The second kappa shape index (κ2) is 4.09. The quantitative estimate of drug-likeness (QED) is 0.751. The number of aryl methyl sites for hydroxylation is 1. The minimum Gasteiger partial charge on any atom is -0.462 e. The third kappa shape index (κ3) is 1.63. The van der Waals surface area contributed by atoms with Crippen molar-refractivity contribution in [2.24, 2.45) is 0 Å². The number of fused-ring (bicyclic) bond motifs is 1. The van der Waals surface area contributed by atoms with Gasteiger partial charge in [-0.15, -0.1) is 0 Å². The van der Waals surface area contributed by atoms with E-state index >= 15 is 0 Å². The number of carbonyl (C=O) groups excluding carboxylic acids is 1. The number of hydrogen-bond acceptors (Lipinski definition) is 4. The molecule has 0 saturated carbocycles. The lowest BCUT2D eigenvalue weighted by atomic mass is 10.2. The van der Waals surface area contributed by atoms with Crippen molar-refractivity contribution in [1.29, 1.82) is 0 Å². The van der Waals surface area contributed by atoms with Gasteiger partial charge in [-0.05, 0) is 19.4 Å². The van der Waals surface area contributed by atoms with E-state index in [4.69, 9.17) is 16.3 Å². The predicted octanol–water partition coefficient (Wildman–Crippen LogP) is 1.87. The predicted molar refractivity (Wildman–Crippen MR) is 58.7 cm³/mol. The normalized spacial score (nSPS) is 10.7. The molecule has 0 saturated heterocycles. The van der Waals surface area contributed by atoms with Crippen LogP contribution >= 0.6 is 11.6 Å². The van der Waals surface area contributed by atoms with E-state index in [1.807, 2.05) is 0 Å². The molecule has 2 rings (SSSR count). The van der Waals surface area contributed by atoms with Crippen LogP contribution in [0.3, 0.4) is 0 Å². The fourth-order valence-electron chi connectivity index (χ4n) is 1.56. The number of hydrogen-bond donors (Lipinski definition) is 0. The van der Waals surface area contributed by atoms with Crippen molar-refractivity contribution in [2.75, 3.05) is 6.61 Å². The van der Waals surface area contributed by atoms with Gasteiger partial charge in [-0.1, -0.05) is 11.6 Å². The second-order valence-electron chi connectivity index (χ2n) is 3.25. The molecule has 0 N–H and O–H groups in total. The summed E-state index contributed by atoms with van der Waals surface area (Å²) in [5.41, 5.74) is 1.67. The van der Waals surface area contributed by atoms with Gasteiger partial charge >= 0.3 is 5.97 Å². The fourth-order valence-corrected chi connectivity index (χ4v) is 1.78. The zero-order valence-electron chi connectivity index (χ0n) is 8.90. The van der Waals surface area contributed by atoms with Gasteiger partial charge in [-0.25, -0.2) is 14.3 Å². The van der Waals surface area contributed by atoms with Gasteiger partial charge in [0.25, 0.3) is 0 Å². The molecule has 0 aliphatic rings. The molecule has 0 aliphatic carbocycles. The molecule has 0 aromatic carbocycles. The van der Waals surface area contributed by atoms with Gasteiger partial charge in [0.15, 0.2) is 5.15 Å². The molecule has 0 aliphatic heterocycles. The molecule has 0 atom stereocenters. The maximum atomic E-state index is 11.7. The van der Waals surface area contributed by atoms with Crippen LogP contribution in [0.1, 0.15) is 22.8 Å². The van der Waals surface area contributed by atoms with E-state index in [0.717, 1.165) is 5.56 Å². The molecule has 0 fully saturated rings. The molecule has 0 radical (unpaired) electrons. The Kier molecular flexibility index (Phi) is 2.78. The van der Waals surface area contributed by atoms with Crippen LogP contribution < -0.4 is 0 Å². The molecule has 0 spiro atoms. The minimum atomic E-state index is -0.404. The summed E-state index contributed by atoms with van der Waals surface area (Å²) in [6.07, 6.45) is 3.05. The number of aromatic nitrogens is 3. The molecule has 0 unspecified atom stereocenters. The van der Waals surface area contributed by atoms with Crippen LogP contribution in [0.4, 0.5) is 0 Å². The molecular formula is C10H10ClN3O2. The number of rotatable bonds is 2. The number of nitrogens with zero attached hydrogens (tertiary/aromatic N) is 3. The average Bonchev–Trinajstić information content (AvgIpc) is 2.56. The van der Waals surface area contributed by atoms with Crippen LogP contribution in [-0.4, -0.2) is 27.2 Å². The fraction of sp³-hybridized carbons (Fsp3) is 0.300. The third-order valence-electron chi connectivity index (χ3n) is 2.20. The van der Waals surface area contributed by atoms with E-state index in [0.29, 0.717) is 17.7 Å².